The number of rotatable bonds is 6. The fraction of sp³-hybridized carbons (Fsp3) is 0.333. The zero-order valence-corrected chi connectivity index (χ0v) is 8.87. The Hall–Kier alpha value is -0.950. The van der Waals surface area contributed by atoms with Crippen molar-refractivity contribution in [1.82, 2.24) is 0 Å². The predicted molar refractivity (Wildman–Crippen MR) is 54.5 cm³/mol. The van der Waals surface area contributed by atoms with Gasteiger partial charge in [-0.2, -0.15) is 0 Å². The summed E-state index contributed by atoms with van der Waals surface area (Å²) in [5.41, 5.74) is 0. The van der Waals surface area contributed by atoms with Gasteiger partial charge in [0.05, 0.1) is 18.7 Å². The van der Waals surface area contributed by atoms with Crippen molar-refractivity contribution in [1.29, 1.82) is 0 Å². The third-order valence-corrected chi connectivity index (χ3v) is 2.66. The quantitative estimate of drug-likeness (QED) is 0.376. The second-order valence-corrected chi connectivity index (χ2v) is 4.24. The molecule has 0 amide bonds. The number of hydrogen-bond acceptors (Lipinski definition) is 3. The fourth-order valence-corrected chi connectivity index (χ4v) is 1.73. The SMILES string of the molecule is C=CCP(=O)(OC=CC)OC=CC. The molecule has 0 heterocycles. The van der Waals surface area contributed by atoms with Crippen LogP contribution < -0.4 is 0 Å². The van der Waals surface area contributed by atoms with Crippen LogP contribution in [0.1, 0.15) is 13.8 Å². The summed E-state index contributed by atoms with van der Waals surface area (Å²) in [6, 6.07) is 0. The van der Waals surface area contributed by atoms with Crippen molar-refractivity contribution in [2.75, 3.05) is 6.16 Å². The van der Waals surface area contributed by atoms with Crippen LogP contribution >= 0.6 is 7.60 Å². The molecule has 74 valence electrons. The summed E-state index contributed by atoms with van der Waals surface area (Å²) in [7, 11) is -3.04. The lowest BCUT2D eigenvalue weighted by Crippen LogP contribution is -1.90. The molecule has 0 aromatic heterocycles. The van der Waals surface area contributed by atoms with E-state index in [9.17, 15) is 4.57 Å². The fourth-order valence-electron chi connectivity index (χ4n) is 0.576. The molecule has 0 saturated heterocycles. The minimum Gasteiger partial charge on any atom is -0.424 e. The van der Waals surface area contributed by atoms with E-state index in [1.165, 1.54) is 18.6 Å². The van der Waals surface area contributed by atoms with Gasteiger partial charge in [0, 0.05) is 0 Å². The average molecular weight is 202 g/mol. The molecule has 0 aliphatic carbocycles. The average Bonchev–Trinajstić information content (AvgIpc) is 2.12. The Balaban J connectivity index is 4.32. The van der Waals surface area contributed by atoms with Gasteiger partial charge >= 0.3 is 7.60 Å². The Morgan fingerprint density at radius 3 is 2.00 bits per heavy atom. The smallest absolute Gasteiger partial charge is 0.424 e. The van der Waals surface area contributed by atoms with E-state index in [2.05, 4.69) is 6.58 Å². The molecular weight excluding hydrogens is 187 g/mol. The van der Waals surface area contributed by atoms with E-state index in [4.69, 9.17) is 9.05 Å². The summed E-state index contributed by atoms with van der Waals surface area (Å²) < 4.78 is 21.6. The minimum absolute atomic E-state index is 0.196. The van der Waals surface area contributed by atoms with Gasteiger partial charge in [0.25, 0.3) is 0 Å². The van der Waals surface area contributed by atoms with E-state index < -0.39 is 7.60 Å². The van der Waals surface area contributed by atoms with Crippen LogP contribution in [0.15, 0.2) is 37.3 Å². The predicted octanol–water partition coefficient (Wildman–Crippen LogP) is 3.47. The molecule has 4 heteroatoms. The van der Waals surface area contributed by atoms with E-state index in [1.54, 1.807) is 26.0 Å². The van der Waals surface area contributed by atoms with Gasteiger partial charge in [-0.15, -0.1) is 6.58 Å². The highest BCUT2D eigenvalue weighted by Gasteiger charge is 2.21. The van der Waals surface area contributed by atoms with E-state index in [-0.39, 0.29) is 6.16 Å². The highest BCUT2D eigenvalue weighted by atomic mass is 31.2. The Labute approximate surface area is 79.3 Å². The van der Waals surface area contributed by atoms with Crippen molar-refractivity contribution in [3.05, 3.63) is 37.3 Å². The number of allylic oxidation sites excluding steroid dienone is 3. The Kier molecular flexibility index (Phi) is 6.07. The molecule has 0 rings (SSSR count). The lowest BCUT2D eigenvalue weighted by molar-refractivity contribution is 0.330. The minimum atomic E-state index is -3.04. The van der Waals surface area contributed by atoms with E-state index in [1.807, 2.05) is 0 Å². The number of hydrogen-bond donors (Lipinski definition) is 0. The van der Waals surface area contributed by atoms with Crippen LogP contribution in [0.5, 0.6) is 0 Å². The summed E-state index contributed by atoms with van der Waals surface area (Å²) >= 11 is 0. The standard InChI is InChI=1S/C9H15O3P/c1-4-7-11-13(10,9-6-3)12-8-5-2/h4-8H,3,9H2,1-2H3. The summed E-state index contributed by atoms with van der Waals surface area (Å²) in [4.78, 5) is 0. The van der Waals surface area contributed by atoms with Crippen LogP contribution in [0, 0.1) is 0 Å². The van der Waals surface area contributed by atoms with E-state index in [0.29, 0.717) is 0 Å². The third kappa shape index (κ3) is 5.31. The van der Waals surface area contributed by atoms with Crippen molar-refractivity contribution < 1.29 is 13.6 Å². The van der Waals surface area contributed by atoms with Gasteiger partial charge in [0.1, 0.15) is 0 Å². The Morgan fingerprint density at radius 2 is 1.69 bits per heavy atom. The van der Waals surface area contributed by atoms with Gasteiger partial charge in [-0.25, -0.2) is 4.57 Å². The summed E-state index contributed by atoms with van der Waals surface area (Å²) in [5, 5.41) is 0. The molecule has 0 aromatic carbocycles. The van der Waals surface area contributed by atoms with Crippen LogP contribution in [0.4, 0.5) is 0 Å². The molecule has 13 heavy (non-hydrogen) atoms. The monoisotopic (exact) mass is 202 g/mol. The van der Waals surface area contributed by atoms with Crippen molar-refractivity contribution in [3.63, 3.8) is 0 Å². The molecule has 0 saturated carbocycles. The lowest BCUT2D eigenvalue weighted by atomic mass is 10.7. The van der Waals surface area contributed by atoms with Gasteiger partial charge in [0.15, 0.2) is 0 Å². The van der Waals surface area contributed by atoms with Crippen molar-refractivity contribution >= 4 is 7.60 Å². The summed E-state index contributed by atoms with van der Waals surface area (Å²) in [6.07, 6.45) is 7.71. The lowest BCUT2D eigenvalue weighted by Gasteiger charge is -2.13. The van der Waals surface area contributed by atoms with Crippen LogP contribution in [0.2, 0.25) is 0 Å². The topological polar surface area (TPSA) is 35.5 Å². The normalized spacial score (nSPS) is 15.8. The molecule has 3 nitrogen and oxygen atoms in total. The van der Waals surface area contributed by atoms with Crippen LogP contribution in [0.3, 0.4) is 0 Å². The van der Waals surface area contributed by atoms with Gasteiger partial charge in [0.2, 0.25) is 0 Å². The summed E-state index contributed by atoms with van der Waals surface area (Å²) in [6.45, 7) is 7.02. The van der Waals surface area contributed by atoms with Crippen LogP contribution in [-0.4, -0.2) is 6.16 Å². The van der Waals surface area contributed by atoms with Crippen LogP contribution in [0.25, 0.3) is 0 Å². The van der Waals surface area contributed by atoms with Gasteiger partial charge in [-0.05, 0) is 13.8 Å². The first-order valence-electron chi connectivity index (χ1n) is 3.97. The molecule has 0 atom stereocenters. The maximum atomic E-state index is 11.7. The zero-order chi connectivity index (χ0) is 10.2. The maximum absolute atomic E-state index is 11.7. The molecule has 0 N–H and O–H groups in total. The maximum Gasteiger partial charge on any atom is 0.433 e. The molecule has 0 radical (unpaired) electrons. The zero-order valence-electron chi connectivity index (χ0n) is 7.97. The summed E-state index contributed by atoms with van der Waals surface area (Å²) in [5.74, 6) is 0. The van der Waals surface area contributed by atoms with Gasteiger partial charge in [-0.1, -0.05) is 18.2 Å². The van der Waals surface area contributed by atoms with Crippen molar-refractivity contribution in [3.8, 4) is 0 Å². The second-order valence-electron chi connectivity index (χ2n) is 2.23. The molecule has 0 aliphatic rings. The first-order valence-corrected chi connectivity index (χ1v) is 5.70. The first-order chi connectivity index (χ1) is 6.18. The third-order valence-electron chi connectivity index (χ3n) is 1.07. The second kappa shape index (κ2) is 6.55. The Morgan fingerprint density at radius 1 is 1.23 bits per heavy atom. The Bertz CT molecular complexity index is 225. The molecule has 0 aliphatic heterocycles. The molecule has 0 unspecified atom stereocenters. The largest absolute Gasteiger partial charge is 0.433 e. The van der Waals surface area contributed by atoms with Gasteiger partial charge in [-0.3, -0.25) is 0 Å². The van der Waals surface area contributed by atoms with Crippen molar-refractivity contribution in [2.24, 2.45) is 0 Å². The first kappa shape index (κ1) is 12.0. The molecule has 0 spiro atoms. The van der Waals surface area contributed by atoms with E-state index >= 15 is 0 Å². The van der Waals surface area contributed by atoms with Crippen LogP contribution in [-0.2, 0) is 13.6 Å². The highest BCUT2D eigenvalue weighted by Crippen LogP contribution is 2.48. The van der Waals surface area contributed by atoms with Gasteiger partial charge < -0.3 is 9.05 Å². The van der Waals surface area contributed by atoms with E-state index in [0.717, 1.165) is 0 Å². The molecule has 0 fully saturated rings. The molecular formula is C9H15O3P. The van der Waals surface area contributed by atoms with Crippen molar-refractivity contribution in [2.45, 2.75) is 13.8 Å². The highest BCUT2D eigenvalue weighted by molar-refractivity contribution is 7.54. The molecule has 0 aromatic rings. The molecule has 0 bridgehead atoms.